The van der Waals surface area contributed by atoms with Crippen molar-refractivity contribution >= 4 is 10.9 Å². The van der Waals surface area contributed by atoms with E-state index in [4.69, 9.17) is 5.84 Å². The van der Waals surface area contributed by atoms with Gasteiger partial charge in [-0.2, -0.15) is 0 Å². The quantitative estimate of drug-likeness (QED) is 0.783. The molecule has 1 aliphatic heterocycles. The fraction of sp³-hybridized carbons (Fsp3) is 0.500. The zero-order valence-electron chi connectivity index (χ0n) is 10.8. The van der Waals surface area contributed by atoms with Gasteiger partial charge in [0.15, 0.2) is 0 Å². The topological polar surface area (TPSA) is 47.1 Å². The molecule has 1 aliphatic rings. The Bertz CT molecular complexity index is 546. The first kappa shape index (κ1) is 11.7. The van der Waals surface area contributed by atoms with Crippen LogP contribution in [0.4, 0.5) is 0 Å². The lowest BCUT2D eigenvalue weighted by molar-refractivity contribution is 0.204. The number of pyridine rings is 1. The molecule has 0 aliphatic carbocycles. The van der Waals surface area contributed by atoms with Gasteiger partial charge in [0, 0.05) is 31.4 Å². The third-order valence-electron chi connectivity index (χ3n) is 3.95. The molecule has 2 aromatic rings. The van der Waals surface area contributed by atoms with Gasteiger partial charge in [-0.1, -0.05) is 12.8 Å². The molecule has 0 spiro atoms. The number of hydrazine groups is 1. The largest absolute Gasteiger partial charge is 0.350 e. The molecule has 0 aromatic carbocycles. The molecule has 1 atom stereocenters. The normalized spacial score (nSPS) is 22.2. The Labute approximate surface area is 107 Å². The van der Waals surface area contributed by atoms with Crippen molar-refractivity contribution in [1.29, 1.82) is 0 Å². The Balaban J connectivity index is 2.07. The highest BCUT2D eigenvalue weighted by molar-refractivity contribution is 5.82. The Morgan fingerprint density at radius 2 is 2.17 bits per heavy atom. The van der Waals surface area contributed by atoms with E-state index in [2.05, 4.69) is 34.9 Å². The van der Waals surface area contributed by atoms with Gasteiger partial charge in [0.2, 0.25) is 0 Å². The van der Waals surface area contributed by atoms with Gasteiger partial charge < -0.3 is 4.57 Å². The van der Waals surface area contributed by atoms with Crippen molar-refractivity contribution in [2.45, 2.75) is 31.7 Å². The first-order valence-electron chi connectivity index (χ1n) is 6.68. The summed E-state index contributed by atoms with van der Waals surface area (Å²) in [7, 11) is 2.07. The van der Waals surface area contributed by atoms with E-state index in [0.29, 0.717) is 0 Å². The van der Waals surface area contributed by atoms with Crippen LogP contribution in [0.1, 0.15) is 37.4 Å². The molecule has 0 saturated carbocycles. The van der Waals surface area contributed by atoms with Crippen LogP contribution >= 0.6 is 0 Å². The lowest BCUT2D eigenvalue weighted by Gasteiger charge is -2.25. The Kier molecular flexibility index (Phi) is 3.06. The van der Waals surface area contributed by atoms with Crippen molar-refractivity contribution in [3.8, 4) is 0 Å². The summed E-state index contributed by atoms with van der Waals surface area (Å²) in [4.78, 5) is 4.60. The molecule has 4 nitrogen and oxygen atoms in total. The summed E-state index contributed by atoms with van der Waals surface area (Å²) in [6.07, 6.45) is 8.80. The van der Waals surface area contributed by atoms with E-state index in [0.717, 1.165) is 18.7 Å². The Hall–Kier alpha value is -1.39. The third kappa shape index (κ3) is 1.91. The molecular formula is C14H20N4. The number of hydrogen-bond donors (Lipinski definition) is 1. The minimum Gasteiger partial charge on any atom is -0.350 e. The lowest BCUT2D eigenvalue weighted by atomic mass is 10.0. The zero-order valence-corrected chi connectivity index (χ0v) is 10.8. The summed E-state index contributed by atoms with van der Waals surface area (Å²) < 4.78 is 2.14. The molecule has 0 amide bonds. The highest BCUT2D eigenvalue weighted by atomic mass is 15.4. The maximum Gasteiger partial charge on any atom is 0.0683 e. The van der Waals surface area contributed by atoms with Crippen molar-refractivity contribution in [1.82, 2.24) is 14.6 Å². The molecule has 4 heteroatoms. The van der Waals surface area contributed by atoms with Crippen LogP contribution in [-0.4, -0.2) is 21.1 Å². The first-order chi connectivity index (χ1) is 8.77. The van der Waals surface area contributed by atoms with Crippen molar-refractivity contribution in [3.05, 3.63) is 30.2 Å². The van der Waals surface area contributed by atoms with Crippen LogP contribution in [0.3, 0.4) is 0 Å². The van der Waals surface area contributed by atoms with Crippen LogP contribution in [0.5, 0.6) is 0 Å². The number of aromatic nitrogens is 2. The molecule has 1 unspecified atom stereocenters. The molecule has 2 aromatic heterocycles. The number of rotatable bonds is 1. The second-order valence-electron chi connectivity index (χ2n) is 5.16. The highest BCUT2D eigenvalue weighted by Crippen LogP contribution is 2.31. The van der Waals surface area contributed by atoms with Gasteiger partial charge in [0.1, 0.15) is 0 Å². The average Bonchev–Trinajstić information content (AvgIpc) is 2.63. The molecule has 96 valence electrons. The van der Waals surface area contributed by atoms with Gasteiger partial charge in [-0.3, -0.25) is 10.8 Å². The predicted molar refractivity (Wildman–Crippen MR) is 72.8 cm³/mol. The van der Waals surface area contributed by atoms with Crippen molar-refractivity contribution < 1.29 is 0 Å². The average molecular weight is 244 g/mol. The zero-order chi connectivity index (χ0) is 12.5. The van der Waals surface area contributed by atoms with Crippen LogP contribution in [0.2, 0.25) is 0 Å². The summed E-state index contributed by atoms with van der Waals surface area (Å²) >= 11 is 0. The van der Waals surface area contributed by atoms with Crippen LogP contribution in [-0.2, 0) is 7.05 Å². The minimum absolute atomic E-state index is 0.263. The molecule has 2 N–H and O–H groups in total. The minimum atomic E-state index is 0.263. The molecular weight excluding hydrogens is 224 g/mol. The molecule has 3 heterocycles. The van der Waals surface area contributed by atoms with Crippen molar-refractivity contribution in [2.24, 2.45) is 12.9 Å². The molecule has 0 bridgehead atoms. The van der Waals surface area contributed by atoms with E-state index in [1.54, 1.807) is 0 Å². The maximum atomic E-state index is 6.20. The molecule has 3 rings (SSSR count). The molecule has 18 heavy (non-hydrogen) atoms. The highest BCUT2D eigenvalue weighted by Gasteiger charge is 2.23. The number of nitrogens with zero attached hydrogens (tertiary/aromatic N) is 3. The van der Waals surface area contributed by atoms with Crippen LogP contribution < -0.4 is 5.84 Å². The fourth-order valence-electron chi connectivity index (χ4n) is 2.91. The number of fused-ring (bicyclic) bond motifs is 1. The first-order valence-corrected chi connectivity index (χ1v) is 6.68. The summed E-state index contributed by atoms with van der Waals surface area (Å²) in [5.41, 5.74) is 2.37. The Morgan fingerprint density at radius 1 is 1.28 bits per heavy atom. The van der Waals surface area contributed by atoms with E-state index >= 15 is 0 Å². The van der Waals surface area contributed by atoms with Gasteiger partial charge in [-0.25, -0.2) is 5.01 Å². The summed E-state index contributed by atoms with van der Waals surface area (Å²) in [6.45, 7) is 0.968. The van der Waals surface area contributed by atoms with E-state index in [1.165, 1.54) is 30.2 Å². The summed E-state index contributed by atoms with van der Waals surface area (Å²) in [5, 5.41) is 3.21. The van der Waals surface area contributed by atoms with E-state index in [1.807, 2.05) is 11.2 Å². The standard InChI is InChI=1S/C14H20N4/c1-17-10-7-11-12(17)6-8-16-14(11)13-5-3-2-4-9-18(13)15/h6-8,10,13H,2-5,9,15H2,1H3. The monoisotopic (exact) mass is 244 g/mol. The number of hydrogen-bond acceptors (Lipinski definition) is 3. The van der Waals surface area contributed by atoms with E-state index in [-0.39, 0.29) is 6.04 Å². The van der Waals surface area contributed by atoms with Gasteiger partial charge in [-0.05, 0) is 25.0 Å². The SMILES string of the molecule is Cn1ccc2c(C3CCCCCN3N)nccc21. The molecule has 1 saturated heterocycles. The predicted octanol–water partition coefficient (Wildman–Crippen LogP) is 2.36. The van der Waals surface area contributed by atoms with Gasteiger partial charge in [0.25, 0.3) is 0 Å². The fourth-order valence-corrected chi connectivity index (χ4v) is 2.91. The van der Waals surface area contributed by atoms with Crippen molar-refractivity contribution in [2.75, 3.05) is 6.54 Å². The summed E-state index contributed by atoms with van der Waals surface area (Å²) in [6, 6.07) is 4.48. The molecule has 1 fully saturated rings. The third-order valence-corrected chi connectivity index (χ3v) is 3.95. The van der Waals surface area contributed by atoms with Crippen molar-refractivity contribution in [3.63, 3.8) is 0 Å². The lowest BCUT2D eigenvalue weighted by Crippen LogP contribution is -2.35. The van der Waals surface area contributed by atoms with Crippen LogP contribution in [0, 0.1) is 0 Å². The second kappa shape index (κ2) is 4.71. The van der Waals surface area contributed by atoms with Gasteiger partial charge in [0.05, 0.1) is 17.3 Å². The Morgan fingerprint density at radius 3 is 3.06 bits per heavy atom. The second-order valence-corrected chi connectivity index (χ2v) is 5.16. The molecule has 0 radical (unpaired) electrons. The van der Waals surface area contributed by atoms with E-state index < -0.39 is 0 Å². The van der Waals surface area contributed by atoms with Gasteiger partial charge >= 0.3 is 0 Å². The van der Waals surface area contributed by atoms with E-state index in [9.17, 15) is 0 Å². The van der Waals surface area contributed by atoms with Crippen LogP contribution in [0.25, 0.3) is 10.9 Å². The van der Waals surface area contributed by atoms with Gasteiger partial charge in [-0.15, -0.1) is 0 Å². The summed E-state index contributed by atoms with van der Waals surface area (Å²) in [5.74, 6) is 6.20. The smallest absolute Gasteiger partial charge is 0.0683 e. The van der Waals surface area contributed by atoms with Crippen LogP contribution in [0.15, 0.2) is 24.5 Å². The number of aryl methyl sites for hydroxylation is 1. The number of nitrogens with two attached hydrogens (primary N) is 1. The maximum absolute atomic E-state index is 6.20.